The van der Waals surface area contributed by atoms with E-state index in [1.165, 1.54) is 32.1 Å². The van der Waals surface area contributed by atoms with Crippen molar-refractivity contribution in [1.82, 2.24) is 4.90 Å². The Morgan fingerprint density at radius 1 is 1.29 bits per heavy atom. The number of Topliss-reactive ketones (excluding diaryl/α,β-unsaturated/α-hetero) is 1. The quantitative estimate of drug-likeness (QED) is 0.688. The standard InChI is InChI=1S/C12H21NO/c1-3-10-6-11-4-5-12(7-10)13(11)8-9(2)14/h10-12H,3-8H2,1-2H3/t10?,11-,12?/m0/s1. The van der Waals surface area contributed by atoms with Crippen LogP contribution in [0.25, 0.3) is 0 Å². The molecule has 2 rings (SSSR count). The van der Waals surface area contributed by atoms with Crippen LogP contribution in [0.15, 0.2) is 0 Å². The van der Waals surface area contributed by atoms with Crippen molar-refractivity contribution < 1.29 is 4.79 Å². The summed E-state index contributed by atoms with van der Waals surface area (Å²) in [6.45, 7) is 4.71. The minimum Gasteiger partial charge on any atom is -0.299 e. The van der Waals surface area contributed by atoms with Gasteiger partial charge in [0.1, 0.15) is 5.78 Å². The summed E-state index contributed by atoms with van der Waals surface area (Å²) in [6, 6.07) is 1.45. The molecule has 0 aromatic heterocycles. The monoisotopic (exact) mass is 195 g/mol. The Balaban J connectivity index is 1.99. The lowest BCUT2D eigenvalue weighted by Crippen LogP contribution is -2.44. The fourth-order valence-corrected chi connectivity index (χ4v) is 3.24. The fourth-order valence-electron chi connectivity index (χ4n) is 3.24. The molecule has 2 bridgehead atoms. The largest absolute Gasteiger partial charge is 0.299 e. The number of carbonyl (C=O) groups is 1. The smallest absolute Gasteiger partial charge is 0.143 e. The first-order valence-electron chi connectivity index (χ1n) is 5.96. The van der Waals surface area contributed by atoms with Crippen molar-refractivity contribution >= 4 is 5.78 Å². The minimum absolute atomic E-state index is 0.330. The average molecular weight is 195 g/mol. The Labute approximate surface area is 86.7 Å². The van der Waals surface area contributed by atoms with E-state index in [4.69, 9.17) is 0 Å². The predicted molar refractivity (Wildman–Crippen MR) is 57.2 cm³/mol. The summed E-state index contributed by atoms with van der Waals surface area (Å²) in [5.41, 5.74) is 0. The zero-order valence-electron chi connectivity index (χ0n) is 9.33. The molecule has 0 spiro atoms. The molecule has 80 valence electrons. The van der Waals surface area contributed by atoms with Crippen LogP contribution in [-0.2, 0) is 4.79 Å². The SMILES string of the molecule is CCC1CC2CC[C@@H](C1)N2CC(C)=O. The molecule has 0 amide bonds. The van der Waals surface area contributed by atoms with E-state index >= 15 is 0 Å². The lowest BCUT2D eigenvalue weighted by atomic mass is 9.89. The zero-order chi connectivity index (χ0) is 10.1. The van der Waals surface area contributed by atoms with Crippen molar-refractivity contribution in [3.8, 4) is 0 Å². The van der Waals surface area contributed by atoms with E-state index in [0.29, 0.717) is 12.3 Å². The van der Waals surface area contributed by atoms with E-state index in [0.717, 1.165) is 18.0 Å². The van der Waals surface area contributed by atoms with Gasteiger partial charge in [-0.05, 0) is 38.5 Å². The van der Waals surface area contributed by atoms with Gasteiger partial charge in [0.2, 0.25) is 0 Å². The molecule has 0 aliphatic carbocycles. The Hall–Kier alpha value is -0.370. The molecule has 2 heteroatoms. The maximum atomic E-state index is 11.1. The maximum absolute atomic E-state index is 11.1. The molecule has 2 aliphatic heterocycles. The Bertz CT molecular complexity index is 212. The van der Waals surface area contributed by atoms with Gasteiger partial charge >= 0.3 is 0 Å². The van der Waals surface area contributed by atoms with Gasteiger partial charge < -0.3 is 0 Å². The molecule has 2 fully saturated rings. The van der Waals surface area contributed by atoms with Gasteiger partial charge in [0.25, 0.3) is 0 Å². The second-order valence-corrected chi connectivity index (χ2v) is 5.01. The van der Waals surface area contributed by atoms with E-state index < -0.39 is 0 Å². The second kappa shape index (κ2) is 4.01. The van der Waals surface area contributed by atoms with Crippen molar-refractivity contribution in [2.45, 2.75) is 58.0 Å². The summed E-state index contributed by atoms with van der Waals surface area (Å²) >= 11 is 0. The normalized spacial score (nSPS) is 37.4. The van der Waals surface area contributed by atoms with Crippen LogP contribution >= 0.6 is 0 Å². The van der Waals surface area contributed by atoms with Gasteiger partial charge in [-0.3, -0.25) is 9.69 Å². The van der Waals surface area contributed by atoms with Gasteiger partial charge in [-0.25, -0.2) is 0 Å². The number of carbonyl (C=O) groups excluding carboxylic acids is 1. The lowest BCUT2D eigenvalue weighted by molar-refractivity contribution is -0.119. The summed E-state index contributed by atoms with van der Waals surface area (Å²) in [4.78, 5) is 13.6. The minimum atomic E-state index is 0.330. The Kier molecular flexibility index (Phi) is 2.91. The highest BCUT2D eigenvalue weighted by molar-refractivity contribution is 5.77. The number of fused-ring (bicyclic) bond motifs is 2. The molecule has 0 saturated carbocycles. The number of hydrogen-bond donors (Lipinski definition) is 0. The molecule has 14 heavy (non-hydrogen) atoms. The van der Waals surface area contributed by atoms with Crippen molar-refractivity contribution in [2.75, 3.05) is 6.54 Å². The Morgan fingerprint density at radius 2 is 1.86 bits per heavy atom. The van der Waals surface area contributed by atoms with Gasteiger partial charge in [-0.15, -0.1) is 0 Å². The summed E-state index contributed by atoms with van der Waals surface area (Å²) in [7, 11) is 0. The predicted octanol–water partition coefficient (Wildman–Crippen LogP) is 2.23. The van der Waals surface area contributed by atoms with Crippen molar-refractivity contribution in [3.63, 3.8) is 0 Å². The van der Waals surface area contributed by atoms with E-state index in [2.05, 4.69) is 11.8 Å². The number of rotatable bonds is 3. The van der Waals surface area contributed by atoms with E-state index in [-0.39, 0.29) is 0 Å². The number of ketones is 1. The van der Waals surface area contributed by atoms with E-state index in [9.17, 15) is 4.79 Å². The third-order valence-electron chi connectivity index (χ3n) is 3.96. The van der Waals surface area contributed by atoms with Crippen molar-refractivity contribution in [2.24, 2.45) is 5.92 Å². The third kappa shape index (κ3) is 1.85. The molecule has 2 heterocycles. The Morgan fingerprint density at radius 3 is 2.29 bits per heavy atom. The molecule has 2 aliphatic rings. The first-order chi connectivity index (χ1) is 6.70. The van der Waals surface area contributed by atoms with Crippen LogP contribution in [0.1, 0.15) is 46.0 Å². The van der Waals surface area contributed by atoms with E-state index in [1.54, 1.807) is 6.92 Å². The molecule has 0 N–H and O–H groups in total. The molecule has 2 unspecified atom stereocenters. The van der Waals surface area contributed by atoms with E-state index in [1.807, 2.05) is 0 Å². The molecule has 0 aromatic carbocycles. The maximum Gasteiger partial charge on any atom is 0.143 e. The van der Waals surface area contributed by atoms with Crippen LogP contribution in [-0.4, -0.2) is 29.3 Å². The van der Waals surface area contributed by atoms with Crippen LogP contribution in [0.3, 0.4) is 0 Å². The summed E-state index contributed by atoms with van der Waals surface area (Å²) < 4.78 is 0. The molecule has 3 atom stereocenters. The first-order valence-corrected chi connectivity index (χ1v) is 5.96. The molecule has 0 aromatic rings. The molecule has 2 nitrogen and oxygen atoms in total. The number of nitrogens with zero attached hydrogens (tertiary/aromatic N) is 1. The van der Waals surface area contributed by atoms with Gasteiger partial charge in [0.15, 0.2) is 0 Å². The summed E-state index contributed by atoms with van der Waals surface area (Å²) in [6.07, 6.45) is 6.64. The van der Waals surface area contributed by atoms with Gasteiger partial charge in [-0.1, -0.05) is 13.3 Å². The molecular formula is C12H21NO. The second-order valence-electron chi connectivity index (χ2n) is 5.01. The average Bonchev–Trinajstić information content (AvgIpc) is 2.38. The van der Waals surface area contributed by atoms with Gasteiger partial charge in [-0.2, -0.15) is 0 Å². The number of hydrogen-bond acceptors (Lipinski definition) is 2. The van der Waals surface area contributed by atoms with Gasteiger partial charge in [0, 0.05) is 12.1 Å². The highest BCUT2D eigenvalue weighted by Crippen LogP contribution is 2.39. The van der Waals surface area contributed by atoms with Crippen LogP contribution in [0.4, 0.5) is 0 Å². The topological polar surface area (TPSA) is 20.3 Å². The van der Waals surface area contributed by atoms with Crippen molar-refractivity contribution in [3.05, 3.63) is 0 Å². The summed E-state index contributed by atoms with van der Waals surface area (Å²) in [5, 5.41) is 0. The van der Waals surface area contributed by atoms with Crippen molar-refractivity contribution in [1.29, 1.82) is 0 Å². The highest BCUT2D eigenvalue weighted by Gasteiger charge is 2.40. The van der Waals surface area contributed by atoms with Crippen LogP contribution in [0.2, 0.25) is 0 Å². The lowest BCUT2D eigenvalue weighted by Gasteiger charge is -2.38. The highest BCUT2D eigenvalue weighted by atomic mass is 16.1. The third-order valence-corrected chi connectivity index (χ3v) is 3.96. The molecule has 2 saturated heterocycles. The first kappa shape index (κ1) is 10.2. The number of piperidine rings is 1. The molecular weight excluding hydrogens is 174 g/mol. The molecule has 0 radical (unpaired) electrons. The van der Waals surface area contributed by atoms with Crippen LogP contribution < -0.4 is 0 Å². The zero-order valence-corrected chi connectivity index (χ0v) is 9.33. The van der Waals surface area contributed by atoms with Gasteiger partial charge in [0.05, 0.1) is 6.54 Å². The van der Waals surface area contributed by atoms with Crippen LogP contribution in [0, 0.1) is 5.92 Å². The fraction of sp³-hybridized carbons (Fsp3) is 0.917. The van der Waals surface area contributed by atoms with Crippen LogP contribution in [0.5, 0.6) is 0 Å². The summed E-state index contributed by atoms with van der Waals surface area (Å²) in [5.74, 6) is 1.26.